The monoisotopic (exact) mass is 546 g/mol. The molecule has 4 rings (SSSR count). The minimum Gasteiger partial charge on any atom is -0.214 e. The van der Waals surface area contributed by atoms with E-state index in [0.717, 1.165) is 0 Å². The van der Waals surface area contributed by atoms with Crippen LogP contribution in [0, 0.1) is 0 Å². The Kier molecular flexibility index (Phi) is 15.2. The Labute approximate surface area is 243 Å². The van der Waals surface area contributed by atoms with Crippen LogP contribution in [0.15, 0.2) is 97.5 Å². The van der Waals surface area contributed by atoms with E-state index in [1.807, 2.05) is 30.3 Å². The largest absolute Gasteiger partial charge is 0.214 e. The zero-order valence-corrected chi connectivity index (χ0v) is 26.7. The molecule has 0 aliphatic rings. The maximum atomic E-state index is 9.33. The zero-order chi connectivity index (χ0) is 29.7. The molecule has 0 saturated carbocycles. The fourth-order valence-electron chi connectivity index (χ4n) is 3.28. The number of allylic oxidation sites excluding steroid dienone is 2. The Balaban J connectivity index is 0.000000655. The molecule has 2 nitrogen and oxygen atoms in total. The second kappa shape index (κ2) is 16.3. The molecule has 0 fully saturated rings. The normalized spacial score (nSPS) is 10.4. The minimum absolute atomic E-state index is 0.0833. The van der Waals surface area contributed by atoms with Crippen LogP contribution in [0.25, 0.3) is 21.5 Å². The molecule has 0 aliphatic heterocycles. The third-order valence-electron chi connectivity index (χ3n) is 4.99. The Morgan fingerprint density at radius 2 is 0.974 bits per heavy atom. The van der Waals surface area contributed by atoms with Gasteiger partial charge in [-0.05, 0) is 10.8 Å². The van der Waals surface area contributed by atoms with Gasteiger partial charge in [0, 0.05) is 0 Å². The van der Waals surface area contributed by atoms with E-state index in [1.165, 1.54) is 50.3 Å². The first kappa shape index (κ1) is 35.3. The third kappa shape index (κ3) is 14.9. The maximum absolute atomic E-state index is 9.33. The molecule has 0 radical (unpaired) electrons. The molecule has 0 aromatic heterocycles. The molecular formula is C35H46O2Ti-2. The number of hydrogen-bond acceptors (Lipinski definition) is 2. The number of benzene rings is 2. The third-order valence-corrected chi connectivity index (χ3v) is 4.99. The van der Waals surface area contributed by atoms with E-state index in [0.29, 0.717) is 0 Å². The molecule has 204 valence electrons. The van der Waals surface area contributed by atoms with Gasteiger partial charge < -0.3 is 10.2 Å². The molecule has 0 saturated heterocycles. The van der Waals surface area contributed by atoms with Crippen molar-refractivity contribution >= 4 is 25.4 Å². The summed E-state index contributed by atoms with van der Waals surface area (Å²) in [7, 11) is 0. The van der Waals surface area contributed by atoms with E-state index < -0.39 is 0 Å². The molecule has 4 aromatic carbocycles. The van der Waals surface area contributed by atoms with Gasteiger partial charge in [-0.1, -0.05) is 90.8 Å². The van der Waals surface area contributed by atoms with Crippen LogP contribution in [0.3, 0.4) is 0 Å². The molecule has 0 spiro atoms. The second-order valence-corrected chi connectivity index (χ2v) is 13.2. The topological polar surface area (TPSA) is 46.1 Å². The molecule has 0 amide bonds. The summed E-state index contributed by atoms with van der Waals surface area (Å²) in [6.07, 6.45) is 0. The van der Waals surface area contributed by atoms with Crippen molar-refractivity contribution in [2.24, 2.45) is 0 Å². The fraction of sp³-hybridized carbons (Fsp3) is 0.343. The molecule has 0 aliphatic carbocycles. The van der Waals surface area contributed by atoms with Gasteiger partial charge in [0.05, 0.1) is 0 Å². The summed E-state index contributed by atoms with van der Waals surface area (Å²) >= 11 is 2.08. The van der Waals surface area contributed by atoms with Crippen LogP contribution in [0.1, 0.15) is 80.4 Å². The van der Waals surface area contributed by atoms with Crippen molar-refractivity contribution in [3.63, 3.8) is 0 Å². The van der Waals surface area contributed by atoms with Crippen LogP contribution in [-0.2, 0) is 30.8 Å². The Morgan fingerprint density at radius 1 is 0.684 bits per heavy atom. The van der Waals surface area contributed by atoms with Crippen LogP contribution in [-0.4, -0.2) is 3.81 Å². The average Bonchev–Trinajstić information content (AvgIpc) is 3.42. The van der Waals surface area contributed by atoms with Crippen molar-refractivity contribution in [2.75, 3.05) is 0 Å². The molecule has 3 heteroatoms. The van der Waals surface area contributed by atoms with Gasteiger partial charge in [-0.3, -0.25) is 0 Å². The second-order valence-electron chi connectivity index (χ2n) is 11.6. The van der Waals surface area contributed by atoms with Crippen molar-refractivity contribution in [1.29, 1.82) is 0 Å². The smallest absolute Gasteiger partial charge is 0.172 e. The maximum Gasteiger partial charge on any atom is -0.172 e. The van der Waals surface area contributed by atoms with Gasteiger partial charge in [-0.2, -0.15) is 18.2 Å². The van der Waals surface area contributed by atoms with E-state index in [1.54, 1.807) is 0 Å². The van der Waals surface area contributed by atoms with Crippen LogP contribution in [0.5, 0.6) is 0 Å². The van der Waals surface area contributed by atoms with Gasteiger partial charge in [-0.25, -0.2) is 12.1 Å². The summed E-state index contributed by atoms with van der Waals surface area (Å²) < 4.78 is 1.42. The van der Waals surface area contributed by atoms with Crippen molar-refractivity contribution in [3.8, 4) is 0 Å². The summed E-state index contributed by atoms with van der Waals surface area (Å²) in [4.78, 5) is 0. The molecule has 0 N–H and O–H groups in total. The van der Waals surface area contributed by atoms with Gasteiger partial charge in [0.15, 0.2) is 0 Å². The van der Waals surface area contributed by atoms with E-state index >= 15 is 0 Å². The van der Waals surface area contributed by atoms with E-state index in [9.17, 15) is 10.2 Å². The predicted molar refractivity (Wildman–Crippen MR) is 162 cm³/mol. The van der Waals surface area contributed by atoms with Crippen LogP contribution in [0.2, 0.25) is 0 Å². The van der Waals surface area contributed by atoms with Crippen molar-refractivity contribution < 1.29 is 30.2 Å². The zero-order valence-electron chi connectivity index (χ0n) is 25.2. The van der Waals surface area contributed by atoms with Gasteiger partial charge in [0.1, 0.15) is 0 Å². The summed E-state index contributed by atoms with van der Waals surface area (Å²) in [6, 6.07) is 26.2. The van der Waals surface area contributed by atoms with E-state index in [4.69, 9.17) is 0 Å². The summed E-state index contributed by atoms with van der Waals surface area (Å²) in [6.45, 7) is 26.6. The predicted octanol–water partition coefficient (Wildman–Crippen LogP) is 8.22. The first-order valence-corrected chi connectivity index (χ1v) is 13.6. The van der Waals surface area contributed by atoms with Gasteiger partial charge in [0.25, 0.3) is 0 Å². The van der Waals surface area contributed by atoms with Gasteiger partial charge in [-0.15, -0.1) is 64.4 Å². The van der Waals surface area contributed by atoms with Crippen molar-refractivity contribution in [3.05, 3.63) is 109 Å². The average molecular weight is 547 g/mol. The first-order chi connectivity index (χ1) is 17.4. The summed E-state index contributed by atoms with van der Waals surface area (Å²) in [5, 5.41) is 24.1. The van der Waals surface area contributed by atoms with Crippen molar-refractivity contribution in [2.45, 2.75) is 80.1 Å². The Bertz CT molecular complexity index is 1150. The van der Waals surface area contributed by atoms with Gasteiger partial charge in [0.2, 0.25) is 0 Å². The number of rotatable bonds is 0. The molecule has 0 atom stereocenters. The van der Waals surface area contributed by atoms with E-state index in [-0.39, 0.29) is 22.3 Å². The molecular weight excluding hydrogens is 500 g/mol. The van der Waals surface area contributed by atoms with E-state index in [2.05, 4.69) is 131 Å². The van der Waals surface area contributed by atoms with Crippen LogP contribution < -0.4 is 10.2 Å². The molecule has 38 heavy (non-hydrogen) atoms. The van der Waals surface area contributed by atoms with Crippen LogP contribution >= 0.6 is 0 Å². The number of fused-ring (bicyclic) bond motifs is 3. The van der Waals surface area contributed by atoms with Crippen LogP contribution in [0.4, 0.5) is 0 Å². The van der Waals surface area contributed by atoms with Gasteiger partial charge >= 0.3 is 37.6 Å². The molecule has 0 unspecified atom stereocenters. The number of hydrogen-bond donors (Lipinski definition) is 0. The Hall–Kier alpha value is -2.68. The minimum atomic E-state index is -0.0833. The molecule has 0 bridgehead atoms. The Morgan fingerprint density at radius 3 is 1.18 bits per heavy atom. The summed E-state index contributed by atoms with van der Waals surface area (Å²) in [5.74, 6) is -0.167. The standard InChI is InChI=1S/C21H25.C5H5.2C3H6O.C3H6.Ti/c1-20(2,3)16-7-9-18-14(12-16)11-15-13-17(21(4,5)6)8-10-19(15)18;1-2-4-5-3-1;2*1-3(2)4;1-3-2;/h7-13H,1-6H3;1-5H;2*4H,1H2,2H3;1-2H3;/q2*-1;;;;+2/p-2. The quantitative estimate of drug-likeness (QED) is 0.127. The molecule has 4 aromatic rings. The first-order valence-electron chi connectivity index (χ1n) is 12.8. The van der Waals surface area contributed by atoms with Crippen molar-refractivity contribution in [1.82, 2.24) is 0 Å². The molecule has 0 heterocycles. The summed E-state index contributed by atoms with van der Waals surface area (Å²) in [5.41, 5.74) is 3.21. The SMILES string of the molecule is C=C(C)[O-].C=C(C)[O-].CC(C)(C)c1ccc2c(c1)[cH-]c1cc(C(C)(C)C)ccc12.C[C](C)=[Ti+2].c1cc[cH-]c1. The fourth-order valence-corrected chi connectivity index (χ4v) is 3.28.